The van der Waals surface area contributed by atoms with Crippen molar-refractivity contribution in [3.8, 4) is 0 Å². The van der Waals surface area contributed by atoms with Crippen molar-refractivity contribution in [3.63, 3.8) is 0 Å². The predicted molar refractivity (Wildman–Crippen MR) is 68.8 cm³/mol. The summed E-state index contributed by atoms with van der Waals surface area (Å²) in [6.07, 6.45) is 1.90. The third-order valence-corrected chi connectivity index (χ3v) is 2.99. The topological polar surface area (TPSA) is 55.2 Å². The van der Waals surface area contributed by atoms with E-state index < -0.39 is 0 Å². The summed E-state index contributed by atoms with van der Waals surface area (Å²) in [7, 11) is 0. The van der Waals surface area contributed by atoms with Crippen molar-refractivity contribution in [1.82, 2.24) is 0 Å². The highest BCUT2D eigenvalue weighted by molar-refractivity contribution is 9.10. The number of hydrogen-bond donors (Lipinski definition) is 1. The number of rotatable bonds is 5. The molecule has 88 valence electrons. The number of nitro groups is 1. The van der Waals surface area contributed by atoms with Gasteiger partial charge in [-0.1, -0.05) is 29.8 Å². The largest absolute Gasteiger partial charge is 0.377 e. The summed E-state index contributed by atoms with van der Waals surface area (Å²) >= 11 is 3.23. The Morgan fingerprint density at radius 3 is 2.56 bits per heavy atom. The number of hydrogen-bond acceptors (Lipinski definition) is 3. The maximum absolute atomic E-state index is 10.9. The number of nitro benzene ring substituents is 1. The minimum atomic E-state index is -0.366. The highest BCUT2D eigenvalue weighted by Gasteiger charge is 2.15. The summed E-state index contributed by atoms with van der Waals surface area (Å²) < 4.78 is 0.717. The lowest BCUT2D eigenvalue weighted by Gasteiger charge is -2.16. The molecule has 1 N–H and O–H groups in total. The van der Waals surface area contributed by atoms with Crippen LogP contribution < -0.4 is 5.32 Å². The smallest absolute Gasteiger partial charge is 0.293 e. The van der Waals surface area contributed by atoms with E-state index in [1.165, 1.54) is 6.07 Å². The van der Waals surface area contributed by atoms with Gasteiger partial charge in [0.05, 0.1) is 4.92 Å². The Hall–Kier alpha value is -1.10. The van der Waals surface area contributed by atoms with Gasteiger partial charge < -0.3 is 5.32 Å². The zero-order valence-electron chi connectivity index (χ0n) is 9.37. The average Bonchev–Trinajstić information content (AvgIpc) is 2.27. The van der Waals surface area contributed by atoms with Crippen LogP contribution in [0, 0.1) is 10.1 Å². The maximum atomic E-state index is 10.9. The van der Waals surface area contributed by atoms with Crippen LogP contribution in [0.1, 0.15) is 26.7 Å². The average molecular weight is 287 g/mol. The van der Waals surface area contributed by atoms with Gasteiger partial charge in [-0.2, -0.15) is 0 Å². The summed E-state index contributed by atoms with van der Waals surface area (Å²) in [6.45, 7) is 4.12. The van der Waals surface area contributed by atoms with E-state index in [0.29, 0.717) is 10.2 Å². The molecule has 16 heavy (non-hydrogen) atoms. The minimum absolute atomic E-state index is 0.112. The van der Waals surface area contributed by atoms with Gasteiger partial charge in [-0.15, -0.1) is 0 Å². The van der Waals surface area contributed by atoms with Crippen molar-refractivity contribution in [1.29, 1.82) is 0 Å². The van der Waals surface area contributed by atoms with Gasteiger partial charge in [0, 0.05) is 16.6 Å². The second-order valence-corrected chi connectivity index (χ2v) is 4.49. The standard InChI is InChI=1S/C11H15BrN2O2/c1-3-9(4-2)13-10-6-5-8(12)7-11(10)14(15)16/h5-7,9,13H,3-4H2,1-2H3. The molecule has 0 aromatic heterocycles. The molecule has 0 unspecified atom stereocenters. The van der Waals surface area contributed by atoms with E-state index in [-0.39, 0.29) is 16.7 Å². The van der Waals surface area contributed by atoms with Gasteiger partial charge in [-0.25, -0.2) is 0 Å². The van der Waals surface area contributed by atoms with Crippen molar-refractivity contribution >= 4 is 27.3 Å². The van der Waals surface area contributed by atoms with Crippen molar-refractivity contribution in [3.05, 3.63) is 32.8 Å². The Kier molecular flexibility index (Phi) is 4.73. The number of nitrogens with one attached hydrogen (secondary N) is 1. The number of benzene rings is 1. The highest BCUT2D eigenvalue weighted by atomic mass is 79.9. The first kappa shape index (κ1) is 13.0. The molecule has 0 atom stereocenters. The highest BCUT2D eigenvalue weighted by Crippen LogP contribution is 2.29. The summed E-state index contributed by atoms with van der Waals surface area (Å²) in [5.41, 5.74) is 0.697. The van der Waals surface area contributed by atoms with Gasteiger partial charge in [0.15, 0.2) is 0 Å². The fraction of sp³-hybridized carbons (Fsp3) is 0.455. The van der Waals surface area contributed by atoms with Crippen LogP contribution in [0.2, 0.25) is 0 Å². The van der Waals surface area contributed by atoms with Gasteiger partial charge in [0.2, 0.25) is 0 Å². The fourth-order valence-electron chi connectivity index (χ4n) is 1.49. The van der Waals surface area contributed by atoms with E-state index in [1.54, 1.807) is 12.1 Å². The first-order valence-corrected chi connectivity index (χ1v) is 6.08. The van der Waals surface area contributed by atoms with Crippen LogP contribution >= 0.6 is 15.9 Å². The zero-order chi connectivity index (χ0) is 12.1. The Morgan fingerprint density at radius 2 is 2.06 bits per heavy atom. The molecule has 0 fully saturated rings. The lowest BCUT2D eigenvalue weighted by atomic mass is 10.1. The van der Waals surface area contributed by atoms with Crippen molar-refractivity contribution < 1.29 is 4.92 Å². The minimum Gasteiger partial charge on any atom is -0.377 e. The molecule has 0 aliphatic carbocycles. The molecule has 0 heterocycles. The predicted octanol–water partition coefficient (Wildman–Crippen LogP) is 3.96. The van der Waals surface area contributed by atoms with E-state index >= 15 is 0 Å². The molecule has 5 heteroatoms. The molecule has 1 rings (SSSR count). The monoisotopic (exact) mass is 286 g/mol. The quantitative estimate of drug-likeness (QED) is 0.658. The molecular formula is C11H15BrN2O2. The van der Waals surface area contributed by atoms with Gasteiger partial charge in [-0.3, -0.25) is 10.1 Å². The van der Waals surface area contributed by atoms with E-state index in [1.807, 2.05) is 0 Å². The molecule has 1 aromatic carbocycles. The number of nitrogens with zero attached hydrogens (tertiary/aromatic N) is 1. The second-order valence-electron chi connectivity index (χ2n) is 3.58. The molecule has 0 bridgehead atoms. The summed E-state index contributed by atoms with van der Waals surface area (Å²) in [5.74, 6) is 0. The summed E-state index contributed by atoms with van der Waals surface area (Å²) in [5, 5.41) is 14.1. The molecule has 0 aliphatic rings. The molecule has 4 nitrogen and oxygen atoms in total. The first-order valence-electron chi connectivity index (χ1n) is 5.29. The first-order chi connectivity index (χ1) is 7.58. The molecule has 0 aliphatic heterocycles. The van der Waals surface area contributed by atoms with E-state index in [4.69, 9.17) is 0 Å². The molecule has 0 amide bonds. The van der Waals surface area contributed by atoms with Gasteiger partial charge in [0.25, 0.3) is 5.69 Å². The van der Waals surface area contributed by atoms with Crippen LogP contribution in [-0.4, -0.2) is 11.0 Å². The molecule has 0 spiro atoms. The SMILES string of the molecule is CCC(CC)Nc1ccc(Br)cc1[N+](=O)[O-]. The lowest BCUT2D eigenvalue weighted by Crippen LogP contribution is -2.17. The van der Waals surface area contributed by atoms with Crippen LogP contribution in [0.4, 0.5) is 11.4 Å². The zero-order valence-corrected chi connectivity index (χ0v) is 11.0. The van der Waals surface area contributed by atoms with E-state index in [9.17, 15) is 10.1 Å². The normalized spacial score (nSPS) is 10.5. The third-order valence-electron chi connectivity index (χ3n) is 2.50. The van der Waals surface area contributed by atoms with Crippen LogP contribution in [-0.2, 0) is 0 Å². The molecule has 0 saturated heterocycles. The lowest BCUT2D eigenvalue weighted by molar-refractivity contribution is -0.384. The fourth-order valence-corrected chi connectivity index (χ4v) is 1.84. The van der Waals surface area contributed by atoms with Crippen molar-refractivity contribution in [2.75, 3.05) is 5.32 Å². The summed E-state index contributed by atoms with van der Waals surface area (Å²) in [6, 6.07) is 5.34. The third kappa shape index (κ3) is 3.20. The maximum Gasteiger partial charge on any atom is 0.293 e. The molecule has 0 radical (unpaired) electrons. The van der Waals surface area contributed by atoms with Crippen LogP contribution in [0.25, 0.3) is 0 Å². The number of anilines is 1. The van der Waals surface area contributed by atoms with Crippen LogP contribution in [0.3, 0.4) is 0 Å². The molecular weight excluding hydrogens is 272 g/mol. The van der Waals surface area contributed by atoms with Crippen LogP contribution in [0.5, 0.6) is 0 Å². The Balaban J connectivity index is 2.98. The number of halogens is 1. The van der Waals surface area contributed by atoms with Gasteiger partial charge >= 0.3 is 0 Å². The van der Waals surface area contributed by atoms with Crippen molar-refractivity contribution in [2.24, 2.45) is 0 Å². The second kappa shape index (κ2) is 5.84. The van der Waals surface area contributed by atoms with E-state index in [2.05, 4.69) is 35.1 Å². The van der Waals surface area contributed by atoms with E-state index in [0.717, 1.165) is 12.8 Å². The van der Waals surface area contributed by atoms with Crippen LogP contribution in [0.15, 0.2) is 22.7 Å². The van der Waals surface area contributed by atoms with Gasteiger partial charge in [-0.05, 0) is 25.0 Å². The summed E-state index contributed by atoms with van der Waals surface area (Å²) in [4.78, 5) is 10.5. The molecule has 1 aromatic rings. The molecule has 0 saturated carbocycles. The Morgan fingerprint density at radius 1 is 1.44 bits per heavy atom. The Bertz CT molecular complexity index is 378. The Labute approximate surface area is 103 Å². The van der Waals surface area contributed by atoms with Crippen molar-refractivity contribution in [2.45, 2.75) is 32.7 Å². The van der Waals surface area contributed by atoms with Gasteiger partial charge in [0.1, 0.15) is 5.69 Å².